The maximum absolute atomic E-state index is 11.1. The molecule has 0 aliphatic carbocycles. The molecule has 5 heteroatoms. The Bertz CT molecular complexity index is 938. The first kappa shape index (κ1) is 19.6. The Hall–Kier alpha value is -2.37. The summed E-state index contributed by atoms with van der Waals surface area (Å²) >= 11 is 0. The fraction of sp³-hybridized carbons (Fsp3) is 0.480. The van der Waals surface area contributed by atoms with Gasteiger partial charge in [-0.2, -0.15) is 0 Å². The summed E-state index contributed by atoms with van der Waals surface area (Å²) in [4.78, 5) is 13.7. The van der Waals surface area contributed by atoms with Crippen LogP contribution in [0.4, 0.5) is 0 Å². The molecular weight excluding hydrogens is 378 g/mol. The maximum atomic E-state index is 11.1. The van der Waals surface area contributed by atoms with E-state index >= 15 is 0 Å². The molecule has 0 amide bonds. The van der Waals surface area contributed by atoms with Crippen LogP contribution >= 0.6 is 0 Å². The summed E-state index contributed by atoms with van der Waals surface area (Å²) in [6.07, 6.45) is 3.56. The van der Waals surface area contributed by atoms with Gasteiger partial charge in [-0.1, -0.05) is 30.3 Å². The average Bonchev–Trinajstić information content (AvgIpc) is 2.73. The zero-order chi connectivity index (χ0) is 20.9. The van der Waals surface area contributed by atoms with Crippen molar-refractivity contribution >= 4 is 5.97 Å². The quantitative estimate of drug-likeness (QED) is 0.801. The van der Waals surface area contributed by atoms with Gasteiger partial charge in [-0.25, -0.2) is 4.79 Å². The lowest BCUT2D eigenvalue weighted by molar-refractivity contribution is -0.190. The number of piperidine rings is 1. The molecule has 1 N–H and O–H groups in total. The number of benzene rings is 2. The first-order chi connectivity index (χ1) is 14.4. The Balaban J connectivity index is 1.39. The number of rotatable bonds is 3. The van der Waals surface area contributed by atoms with Gasteiger partial charge in [-0.3, -0.25) is 4.90 Å². The Morgan fingerprint density at radius 3 is 2.70 bits per heavy atom. The van der Waals surface area contributed by atoms with Crippen molar-refractivity contribution < 1.29 is 19.4 Å². The van der Waals surface area contributed by atoms with E-state index in [-0.39, 0.29) is 17.8 Å². The van der Waals surface area contributed by atoms with Crippen LogP contribution in [0.3, 0.4) is 0 Å². The van der Waals surface area contributed by atoms with Gasteiger partial charge in [0, 0.05) is 24.1 Å². The Morgan fingerprint density at radius 2 is 1.93 bits per heavy atom. The molecule has 4 atom stereocenters. The Kier molecular flexibility index (Phi) is 4.83. The van der Waals surface area contributed by atoms with E-state index in [0.29, 0.717) is 17.5 Å². The van der Waals surface area contributed by atoms with Crippen LogP contribution in [0, 0.1) is 5.92 Å². The second kappa shape index (κ2) is 7.40. The minimum atomic E-state index is -0.883. The monoisotopic (exact) mass is 407 g/mol. The third-order valence-electron chi connectivity index (χ3n) is 7.09. The molecule has 0 bridgehead atoms. The fourth-order valence-electron chi connectivity index (χ4n) is 5.50. The van der Waals surface area contributed by atoms with Crippen molar-refractivity contribution in [2.45, 2.75) is 63.5 Å². The molecular formula is C25H29NO4. The number of nitrogens with zero attached hydrogens (tertiary/aromatic N) is 1. The summed E-state index contributed by atoms with van der Waals surface area (Å²) in [6, 6.07) is 15.9. The molecule has 0 radical (unpaired) electrons. The molecule has 0 unspecified atom stereocenters. The van der Waals surface area contributed by atoms with Gasteiger partial charge in [-0.05, 0) is 63.4 Å². The number of ether oxygens (including phenoxy) is 2. The number of likely N-dealkylation sites (tertiary alicyclic amines) is 1. The number of hydrogen-bond acceptors (Lipinski definition) is 4. The minimum absolute atomic E-state index is 0.0843. The van der Waals surface area contributed by atoms with Crippen LogP contribution in [0.2, 0.25) is 0 Å². The van der Waals surface area contributed by atoms with Crippen LogP contribution in [0.1, 0.15) is 60.7 Å². The van der Waals surface area contributed by atoms with Crippen molar-refractivity contribution in [3.63, 3.8) is 0 Å². The van der Waals surface area contributed by atoms with E-state index < -0.39 is 5.97 Å². The van der Waals surface area contributed by atoms with E-state index in [2.05, 4.69) is 36.9 Å². The highest BCUT2D eigenvalue weighted by molar-refractivity contribution is 5.87. The van der Waals surface area contributed by atoms with Crippen LogP contribution in [0.5, 0.6) is 5.75 Å². The van der Waals surface area contributed by atoms with Crippen molar-refractivity contribution in [2.24, 2.45) is 5.92 Å². The second-order valence-corrected chi connectivity index (χ2v) is 9.36. The third-order valence-corrected chi connectivity index (χ3v) is 7.09. The predicted octanol–water partition coefficient (Wildman–Crippen LogP) is 4.67. The van der Waals surface area contributed by atoms with Crippen molar-refractivity contribution in [3.8, 4) is 5.75 Å². The number of carboxylic acid groups (broad SMARTS) is 1. The largest absolute Gasteiger partial charge is 0.487 e. The summed E-state index contributed by atoms with van der Waals surface area (Å²) in [5, 5.41) is 9.14. The maximum Gasteiger partial charge on any atom is 0.335 e. The van der Waals surface area contributed by atoms with Gasteiger partial charge >= 0.3 is 5.97 Å². The summed E-state index contributed by atoms with van der Waals surface area (Å²) in [7, 11) is 0. The van der Waals surface area contributed by atoms with Gasteiger partial charge in [0.25, 0.3) is 0 Å². The SMILES string of the molecule is CC1(C)Oc2ccccc2[C@H]2O[C@H]3CCCN(Cc4ccc(C(=O)O)cc4)[C@H]3C[C@@H]21. The molecule has 0 aromatic heterocycles. The van der Waals surface area contributed by atoms with Gasteiger partial charge in [0.2, 0.25) is 0 Å². The van der Waals surface area contributed by atoms with Crippen LogP contribution in [0.25, 0.3) is 0 Å². The molecule has 5 nitrogen and oxygen atoms in total. The van der Waals surface area contributed by atoms with Crippen LogP contribution in [-0.2, 0) is 11.3 Å². The average molecular weight is 408 g/mol. The van der Waals surface area contributed by atoms with E-state index in [4.69, 9.17) is 14.6 Å². The molecule has 0 spiro atoms. The molecule has 30 heavy (non-hydrogen) atoms. The molecule has 0 saturated carbocycles. The van der Waals surface area contributed by atoms with E-state index in [9.17, 15) is 4.79 Å². The second-order valence-electron chi connectivity index (χ2n) is 9.36. The molecule has 3 aliphatic heterocycles. The minimum Gasteiger partial charge on any atom is -0.487 e. The van der Waals surface area contributed by atoms with Crippen molar-refractivity contribution in [1.82, 2.24) is 4.90 Å². The molecule has 2 aromatic carbocycles. The molecule has 3 heterocycles. The Labute approximate surface area is 177 Å². The number of carboxylic acids is 1. The molecule has 158 valence electrons. The van der Waals surface area contributed by atoms with Crippen LogP contribution in [-0.4, -0.2) is 40.3 Å². The highest BCUT2D eigenvalue weighted by Crippen LogP contribution is 2.52. The smallest absolute Gasteiger partial charge is 0.335 e. The first-order valence-corrected chi connectivity index (χ1v) is 10.9. The number of para-hydroxylation sites is 1. The van der Waals surface area contributed by atoms with Crippen molar-refractivity contribution in [3.05, 3.63) is 65.2 Å². The predicted molar refractivity (Wildman–Crippen MR) is 114 cm³/mol. The van der Waals surface area contributed by atoms with Gasteiger partial charge in [0.05, 0.1) is 17.8 Å². The summed E-state index contributed by atoms with van der Waals surface area (Å²) in [6.45, 7) is 6.23. The highest BCUT2D eigenvalue weighted by atomic mass is 16.5. The lowest BCUT2D eigenvalue weighted by Crippen LogP contribution is -2.58. The molecule has 2 fully saturated rings. The summed E-state index contributed by atoms with van der Waals surface area (Å²) in [5.74, 6) is 0.364. The summed E-state index contributed by atoms with van der Waals surface area (Å²) in [5.41, 5.74) is 2.38. The molecule has 2 saturated heterocycles. The number of fused-ring (bicyclic) bond motifs is 4. The van der Waals surface area contributed by atoms with Gasteiger partial charge < -0.3 is 14.6 Å². The normalized spacial score (nSPS) is 29.8. The number of carbonyl (C=O) groups is 1. The first-order valence-electron chi connectivity index (χ1n) is 10.9. The van der Waals surface area contributed by atoms with E-state index in [1.54, 1.807) is 12.1 Å². The van der Waals surface area contributed by atoms with E-state index in [0.717, 1.165) is 43.7 Å². The van der Waals surface area contributed by atoms with E-state index in [1.807, 2.05) is 18.2 Å². The van der Waals surface area contributed by atoms with Crippen molar-refractivity contribution in [1.29, 1.82) is 0 Å². The summed E-state index contributed by atoms with van der Waals surface area (Å²) < 4.78 is 13.2. The number of aromatic carboxylic acids is 1. The van der Waals surface area contributed by atoms with E-state index in [1.165, 1.54) is 5.56 Å². The van der Waals surface area contributed by atoms with Gasteiger partial charge in [0.1, 0.15) is 11.4 Å². The topological polar surface area (TPSA) is 59.0 Å². The lowest BCUT2D eigenvalue weighted by Gasteiger charge is -2.54. The lowest BCUT2D eigenvalue weighted by atomic mass is 9.72. The molecule has 3 aliphatic rings. The van der Waals surface area contributed by atoms with Crippen LogP contribution in [0.15, 0.2) is 48.5 Å². The van der Waals surface area contributed by atoms with Crippen LogP contribution < -0.4 is 4.74 Å². The van der Waals surface area contributed by atoms with Gasteiger partial charge in [0.15, 0.2) is 0 Å². The number of hydrogen-bond donors (Lipinski definition) is 1. The zero-order valence-electron chi connectivity index (χ0n) is 17.6. The standard InChI is InChI=1S/C25H29NO4/c1-25(2)19-14-20-22(29-23(19)18-6-3-4-7-21(18)30-25)8-5-13-26(20)15-16-9-11-17(12-10-16)24(27)28/h3-4,6-7,9-12,19-20,22-23H,5,8,13-15H2,1-2H3,(H,27,28)/t19-,20-,22-,23+/m0/s1. The van der Waals surface area contributed by atoms with Gasteiger partial charge in [-0.15, -0.1) is 0 Å². The molecule has 5 rings (SSSR count). The Morgan fingerprint density at radius 1 is 1.17 bits per heavy atom. The zero-order valence-corrected chi connectivity index (χ0v) is 17.6. The molecule has 2 aromatic rings. The van der Waals surface area contributed by atoms with Crippen molar-refractivity contribution in [2.75, 3.05) is 6.54 Å². The third kappa shape index (κ3) is 3.40. The highest BCUT2D eigenvalue weighted by Gasteiger charge is 2.51. The fourth-order valence-corrected chi connectivity index (χ4v) is 5.50.